The van der Waals surface area contributed by atoms with E-state index in [1.165, 1.54) is 6.54 Å². The Morgan fingerprint density at radius 2 is 1.76 bits per heavy atom. The van der Waals surface area contributed by atoms with Gasteiger partial charge in [-0.2, -0.15) is 0 Å². The molecule has 2 saturated heterocycles. The fraction of sp³-hybridized carbons (Fsp3) is 0.909. The minimum absolute atomic E-state index is 0.309. The van der Waals surface area contributed by atoms with Crippen LogP contribution in [0, 0.1) is 0 Å². The van der Waals surface area contributed by atoms with Crippen LogP contribution in [-0.2, 0) is 0 Å². The summed E-state index contributed by atoms with van der Waals surface area (Å²) in [6, 6.07) is 0.417. The van der Waals surface area contributed by atoms with Gasteiger partial charge in [-0.3, -0.25) is 0 Å². The van der Waals surface area contributed by atoms with E-state index in [2.05, 4.69) is 29.5 Å². The summed E-state index contributed by atoms with van der Waals surface area (Å²) < 4.78 is 0. The summed E-state index contributed by atoms with van der Waals surface area (Å²) in [5.74, 6) is 0. The maximum absolute atomic E-state index is 10.5. The fourth-order valence-electron chi connectivity index (χ4n) is 1.83. The summed E-state index contributed by atoms with van der Waals surface area (Å²) in [6.45, 7) is 8.96. The lowest BCUT2D eigenvalue weighted by atomic mass is 10.2. The Balaban J connectivity index is 0.000000171. The van der Waals surface area contributed by atoms with Crippen molar-refractivity contribution in [1.82, 2.24) is 20.4 Å². The van der Waals surface area contributed by atoms with Gasteiger partial charge in [-0.25, -0.2) is 4.79 Å². The quantitative estimate of drug-likeness (QED) is 0.504. The number of carbonyl (C=O) groups is 1. The SMILES string of the molecule is CC1CNCCN1C.NC(=O)N1CCNCC1. The molecule has 2 aliphatic heterocycles. The molecule has 100 valence electrons. The highest BCUT2D eigenvalue weighted by Crippen LogP contribution is 1.95. The van der Waals surface area contributed by atoms with Gasteiger partial charge in [-0.05, 0) is 14.0 Å². The number of rotatable bonds is 0. The number of hydrogen-bond donors (Lipinski definition) is 3. The molecule has 2 fully saturated rings. The van der Waals surface area contributed by atoms with E-state index in [9.17, 15) is 4.79 Å². The van der Waals surface area contributed by atoms with E-state index < -0.39 is 0 Å². The Bertz CT molecular complexity index is 220. The standard InChI is InChI=1S/C6H14N2.C5H11N3O/c1-6-5-7-3-4-8(6)2;6-5(9)8-3-1-7-2-4-8/h6-7H,3-5H2,1-2H3;7H,1-4H2,(H2,6,9). The zero-order valence-corrected chi connectivity index (χ0v) is 10.9. The van der Waals surface area contributed by atoms with E-state index >= 15 is 0 Å². The van der Waals surface area contributed by atoms with Crippen LogP contribution in [-0.4, -0.2) is 74.7 Å². The number of likely N-dealkylation sites (N-methyl/N-ethyl adjacent to an activating group) is 1. The summed E-state index contributed by atoms with van der Waals surface area (Å²) in [7, 11) is 2.17. The predicted molar refractivity (Wildman–Crippen MR) is 69.0 cm³/mol. The number of nitrogens with one attached hydrogen (secondary N) is 2. The first-order valence-corrected chi connectivity index (χ1v) is 6.27. The van der Waals surface area contributed by atoms with Gasteiger partial charge in [0.05, 0.1) is 0 Å². The van der Waals surface area contributed by atoms with Gasteiger partial charge in [-0.15, -0.1) is 0 Å². The maximum atomic E-state index is 10.5. The van der Waals surface area contributed by atoms with E-state index in [4.69, 9.17) is 5.73 Å². The fourth-order valence-corrected chi connectivity index (χ4v) is 1.83. The third kappa shape index (κ3) is 5.34. The van der Waals surface area contributed by atoms with Gasteiger partial charge in [0, 0.05) is 51.9 Å². The molecule has 0 spiro atoms. The van der Waals surface area contributed by atoms with Crippen LogP contribution in [0.3, 0.4) is 0 Å². The van der Waals surface area contributed by atoms with E-state index in [1.54, 1.807) is 4.90 Å². The van der Waals surface area contributed by atoms with Crippen LogP contribution < -0.4 is 16.4 Å². The van der Waals surface area contributed by atoms with E-state index in [-0.39, 0.29) is 6.03 Å². The molecule has 2 aliphatic rings. The number of primary amides is 1. The number of urea groups is 1. The molecule has 6 nitrogen and oxygen atoms in total. The van der Waals surface area contributed by atoms with E-state index in [1.807, 2.05) is 0 Å². The van der Waals surface area contributed by atoms with Crippen LogP contribution in [0.2, 0.25) is 0 Å². The average molecular weight is 243 g/mol. The molecule has 2 amide bonds. The van der Waals surface area contributed by atoms with Crippen LogP contribution in [0.25, 0.3) is 0 Å². The average Bonchev–Trinajstić information content (AvgIpc) is 2.35. The first kappa shape index (κ1) is 14.2. The minimum Gasteiger partial charge on any atom is -0.351 e. The van der Waals surface area contributed by atoms with Crippen molar-refractivity contribution >= 4 is 6.03 Å². The monoisotopic (exact) mass is 243 g/mol. The van der Waals surface area contributed by atoms with Gasteiger partial charge in [0.1, 0.15) is 0 Å². The highest BCUT2D eigenvalue weighted by atomic mass is 16.2. The molecule has 0 aromatic heterocycles. The molecule has 2 rings (SSSR count). The number of carbonyl (C=O) groups excluding carboxylic acids is 1. The largest absolute Gasteiger partial charge is 0.351 e. The number of nitrogens with zero attached hydrogens (tertiary/aromatic N) is 2. The highest BCUT2D eigenvalue weighted by molar-refractivity contribution is 5.72. The lowest BCUT2D eigenvalue weighted by molar-refractivity contribution is 0.200. The van der Waals surface area contributed by atoms with Crippen LogP contribution in [0.4, 0.5) is 4.79 Å². The third-order valence-corrected chi connectivity index (χ3v) is 3.26. The van der Waals surface area contributed by atoms with E-state index in [0.29, 0.717) is 0 Å². The molecular weight excluding hydrogens is 218 g/mol. The Labute approximate surface area is 104 Å². The molecule has 6 heteroatoms. The van der Waals surface area contributed by atoms with Crippen LogP contribution in [0.1, 0.15) is 6.92 Å². The molecule has 0 saturated carbocycles. The molecule has 0 aromatic carbocycles. The van der Waals surface area contributed by atoms with Gasteiger partial charge in [-0.1, -0.05) is 0 Å². The highest BCUT2D eigenvalue weighted by Gasteiger charge is 2.12. The van der Waals surface area contributed by atoms with Crippen LogP contribution in [0.5, 0.6) is 0 Å². The molecule has 17 heavy (non-hydrogen) atoms. The van der Waals surface area contributed by atoms with Crippen molar-refractivity contribution in [3.05, 3.63) is 0 Å². The van der Waals surface area contributed by atoms with Crippen molar-refractivity contribution in [2.75, 3.05) is 52.9 Å². The lowest BCUT2D eigenvalue weighted by Crippen LogP contribution is -2.48. The summed E-state index contributed by atoms with van der Waals surface area (Å²) in [6.07, 6.45) is 0. The molecule has 1 atom stereocenters. The van der Waals surface area contributed by atoms with Crippen LogP contribution in [0.15, 0.2) is 0 Å². The number of nitrogens with two attached hydrogens (primary N) is 1. The molecule has 0 aromatic rings. The van der Waals surface area contributed by atoms with Crippen molar-refractivity contribution in [3.8, 4) is 0 Å². The van der Waals surface area contributed by atoms with Gasteiger partial charge in [0.15, 0.2) is 0 Å². The van der Waals surface area contributed by atoms with Crippen molar-refractivity contribution in [1.29, 1.82) is 0 Å². The van der Waals surface area contributed by atoms with E-state index in [0.717, 1.165) is 45.3 Å². The molecule has 0 aliphatic carbocycles. The van der Waals surface area contributed by atoms with Gasteiger partial charge in [0.25, 0.3) is 0 Å². The van der Waals surface area contributed by atoms with Gasteiger partial charge in [0.2, 0.25) is 0 Å². The lowest BCUT2D eigenvalue weighted by Gasteiger charge is -2.29. The minimum atomic E-state index is -0.309. The molecule has 0 radical (unpaired) electrons. The molecule has 1 unspecified atom stereocenters. The Morgan fingerprint density at radius 3 is 2.12 bits per heavy atom. The summed E-state index contributed by atoms with van der Waals surface area (Å²) >= 11 is 0. The molecule has 4 N–H and O–H groups in total. The van der Waals surface area contributed by atoms with Crippen molar-refractivity contribution in [3.63, 3.8) is 0 Å². The van der Waals surface area contributed by atoms with Gasteiger partial charge < -0.3 is 26.2 Å². The maximum Gasteiger partial charge on any atom is 0.314 e. The smallest absolute Gasteiger partial charge is 0.314 e. The molecular formula is C11H25N5O. The van der Waals surface area contributed by atoms with Crippen LogP contribution >= 0.6 is 0 Å². The van der Waals surface area contributed by atoms with Crippen molar-refractivity contribution < 1.29 is 4.79 Å². The second-order valence-corrected chi connectivity index (χ2v) is 4.61. The molecule has 0 bridgehead atoms. The second kappa shape index (κ2) is 7.47. The normalized spacial score (nSPS) is 26.0. The first-order chi connectivity index (χ1) is 8.11. The van der Waals surface area contributed by atoms with Crippen molar-refractivity contribution in [2.45, 2.75) is 13.0 Å². The summed E-state index contributed by atoms with van der Waals surface area (Å²) in [5, 5.41) is 6.44. The zero-order valence-electron chi connectivity index (χ0n) is 10.9. The van der Waals surface area contributed by atoms with Gasteiger partial charge >= 0.3 is 6.03 Å². The third-order valence-electron chi connectivity index (χ3n) is 3.26. The second-order valence-electron chi connectivity index (χ2n) is 4.61. The topological polar surface area (TPSA) is 73.6 Å². The zero-order chi connectivity index (χ0) is 12.7. The first-order valence-electron chi connectivity index (χ1n) is 6.27. The number of piperazine rings is 2. The predicted octanol–water partition coefficient (Wildman–Crippen LogP) is -1.12. The Hall–Kier alpha value is -0.850. The number of hydrogen-bond acceptors (Lipinski definition) is 4. The number of amides is 2. The summed E-state index contributed by atoms with van der Waals surface area (Å²) in [4.78, 5) is 14.5. The Morgan fingerprint density at radius 1 is 1.18 bits per heavy atom. The Kier molecular flexibility index (Phi) is 6.25. The summed E-state index contributed by atoms with van der Waals surface area (Å²) in [5.41, 5.74) is 5.03. The van der Waals surface area contributed by atoms with Crippen molar-refractivity contribution in [2.24, 2.45) is 5.73 Å². The molecule has 2 heterocycles.